The number of pyridine rings is 1. The molecule has 96 valence electrons. The first-order valence-electron chi connectivity index (χ1n) is 5.63. The van der Waals surface area contributed by atoms with Crippen molar-refractivity contribution in [2.75, 3.05) is 14.2 Å². The van der Waals surface area contributed by atoms with Crippen LogP contribution < -0.4 is 10.1 Å². The maximum Gasteiger partial charge on any atom is 0.134 e. The number of hydrogen-bond acceptors (Lipinski definition) is 4. The molecule has 5 heteroatoms. The highest BCUT2D eigenvalue weighted by atomic mass is 35.5. The van der Waals surface area contributed by atoms with E-state index in [0.717, 1.165) is 17.7 Å². The maximum absolute atomic E-state index is 6.14. The Balaban J connectivity index is 2.23. The van der Waals surface area contributed by atoms with Gasteiger partial charge in [-0.05, 0) is 36.5 Å². The van der Waals surface area contributed by atoms with Crippen LogP contribution in [0.15, 0.2) is 29.9 Å². The number of hydrogen-bond donors (Lipinski definition) is 1. The van der Waals surface area contributed by atoms with Crippen LogP contribution >= 0.6 is 22.9 Å². The van der Waals surface area contributed by atoms with Crippen molar-refractivity contribution in [3.05, 3.63) is 45.4 Å². The van der Waals surface area contributed by atoms with Crippen LogP contribution in [0.2, 0.25) is 5.02 Å². The van der Waals surface area contributed by atoms with Gasteiger partial charge in [0.1, 0.15) is 5.75 Å². The van der Waals surface area contributed by atoms with Crippen LogP contribution in [0.3, 0.4) is 0 Å². The maximum atomic E-state index is 6.14. The van der Waals surface area contributed by atoms with Crippen molar-refractivity contribution >= 4 is 22.9 Å². The predicted molar refractivity (Wildman–Crippen MR) is 75.6 cm³/mol. The molecule has 18 heavy (non-hydrogen) atoms. The number of nitrogens with zero attached hydrogens (tertiary/aromatic N) is 1. The smallest absolute Gasteiger partial charge is 0.134 e. The molecule has 1 atom stereocenters. The van der Waals surface area contributed by atoms with Gasteiger partial charge in [0.25, 0.3) is 0 Å². The third-order valence-electron chi connectivity index (χ3n) is 2.82. The second kappa shape index (κ2) is 6.18. The molecule has 2 aromatic heterocycles. The van der Waals surface area contributed by atoms with E-state index < -0.39 is 0 Å². The molecule has 2 rings (SSSR count). The Kier molecular flexibility index (Phi) is 4.58. The molecule has 0 saturated carbocycles. The summed E-state index contributed by atoms with van der Waals surface area (Å²) in [5, 5.41) is 6.04. The number of rotatable bonds is 5. The van der Waals surface area contributed by atoms with Gasteiger partial charge in [0.2, 0.25) is 0 Å². The van der Waals surface area contributed by atoms with Gasteiger partial charge in [-0.25, -0.2) is 0 Å². The summed E-state index contributed by atoms with van der Waals surface area (Å²) >= 11 is 7.83. The Morgan fingerprint density at radius 2 is 2.33 bits per heavy atom. The van der Waals surface area contributed by atoms with Crippen molar-refractivity contribution in [3.63, 3.8) is 0 Å². The molecule has 0 aliphatic carbocycles. The predicted octanol–water partition coefficient (Wildman–Crippen LogP) is 3.31. The van der Waals surface area contributed by atoms with Crippen LogP contribution in [0.4, 0.5) is 0 Å². The summed E-state index contributed by atoms with van der Waals surface area (Å²) in [6.07, 6.45) is 4.25. The van der Waals surface area contributed by atoms with Gasteiger partial charge in [0.05, 0.1) is 17.0 Å². The van der Waals surface area contributed by atoms with Crippen molar-refractivity contribution in [1.29, 1.82) is 0 Å². The van der Waals surface area contributed by atoms with Crippen LogP contribution in [0.5, 0.6) is 5.75 Å². The molecule has 0 saturated heterocycles. The quantitative estimate of drug-likeness (QED) is 0.914. The third-order valence-corrected chi connectivity index (χ3v) is 4.17. The zero-order chi connectivity index (χ0) is 13.0. The van der Waals surface area contributed by atoms with E-state index in [4.69, 9.17) is 16.3 Å². The second-order valence-electron chi connectivity index (χ2n) is 3.87. The van der Waals surface area contributed by atoms with E-state index in [9.17, 15) is 0 Å². The lowest BCUT2D eigenvalue weighted by molar-refractivity contribution is 0.405. The molecule has 1 unspecified atom stereocenters. The summed E-state index contributed by atoms with van der Waals surface area (Å²) in [7, 11) is 3.64. The van der Waals surface area contributed by atoms with E-state index in [2.05, 4.69) is 10.3 Å². The zero-order valence-corrected chi connectivity index (χ0v) is 11.9. The number of thiophene rings is 1. The van der Waals surface area contributed by atoms with Gasteiger partial charge in [0.15, 0.2) is 0 Å². The number of methoxy groups -OCH3 is 1. The fourth-order valence-corrected chi connectivity index (χ4v) is 3.01. The van der Waals surface area contributed by atoms with E-state index in [1.807, 2.05) is 24.6 Å². The highest BCUT2D eigenvalue weighted by Gasteiger charge is 2.17. The highest BCUT2D eigenvalue weighted by molar-refractivity contribution is 7.10. The SMILES string of the molecule is CNC(Cc1ccncc1Cl)c1sccc1OC. The fourth-order valence-electron chi connectivity index (χ4n) is 1.85. The van der Waals surface area contributed by atoms with E-state index in [1.165, 1.54) is 4.88 Å². The molecular weight excluding hydrogens is 268 g/mol. The number of ether oxygens (including phenoxy) is 1. The molecule has 2 heterocycles. The van der Waals surface area contributed by atoms with Gasteiger partial charge in [-0.2, -0.15) is 0 Å². The van der Waals surface area contributed by atoms with Crippen LogP contribution in [0.25, 0.3) is 0 Å². The summed E-state index contributed by atoms with van der Waals surface area (Å²) in [4.78, 5) is 5.19. The van der Waals surface area contributed by atoms with Gasteiger partial charge in [-0.1, -0.05) is 11.6 Å². The topological polar surface area (TPSA) is 34.2 Å². The van der Waals surface area contributed by atoms with Crippen LogP contribution in [0, 0.1) is 0 Å². The van der Waals surface area contributed by atoms with E-state index >= 15 is 0 Å². The Bertz CT molecular complexity index is 515. The Hall–Kier alpha value is -1.10. The molecule has 0 amide bonds. The summed E-state index contributed by atoms with van der Waals surface area (Å²) in [5.41, 5.74) is 1.08. The molecule has 0 fully saturated rings. The summed E-state index contributed by atoms with van der Waals surface area (Å²) in [6, 6.07) is 4.13. The van der Waals surface area contributed by atoms with Gasteiger partial charge in [0, 0.05) is 18.4 Å². The van der Waals surface area contributed by atoms with Crippen molar-refractivity contribution in [3.8, 4) is 5.75 Å². The molecule has 0 bridgehead atoms. The monoisotopic (exact) mass is 282 g/mol. The average Bonchev–Trinajstić information content (AvgIpc) is 2.86. The first-order chi connectivity index (χ1) is 8.76. The summed E-state index contributed by atoms with van der Waals surface area (Å²) in [5.74, 6) is 0.921. The van der Waals surface area contributed by atoms with Gasteiger partial charge < -0.3 is 10.1 Å². The van der Waals surface area contributed by atoms with Crippen LogP contribution in [-0.2, 0) is 6.42 Å². The van der Waals surface area contributed by atoms with Crippen LogP contribution in [0.1, 0.15) is 16.5 Å². The summed E-state index contributed by atoms with van der Waals surface area (Å²) in [6.45, 7) is 0. The fraction of sp³-hybridized carbons (Fsp3) is 0.308. The lowest BCUT2D eigenvalue weighted by Crippen LogP contribution is -2.18. The van der Waals surface area contributed by atoms with Crippen molar-refractivity contribution < 1.29 is 4.74 Å². The standard InChI is InChI=1S/C13H15ClN2OS/c1-15-11(13-12(17-2)4-6-18-13)7-9-3-5-16-8-10(9)14/h3-6,8,11,15H,7H2,1-2H3. The minimum absolute atomic E-state index is 0.194. The van der Waals surface area contributed by atoms with Crippen molar-refractivity contribution in [2.24, 2.45) is 0 Å². The van der Waals surface area contributed by atoms with Crippen molar-refractivity contribution in [1.82, 2.24) is 10.3 Å². The molecule has 3 nitrogen and oxygen atoms in total. The van der Waals surface area contributed by atoms with E-state index in [1.54, 1.807) is 30.8 Å². The Labute approximate surface area is 116 Å². The van der Waals surface area contributed by atoms with Gasteiger partial charge in [-0.15, -0.1) is 11.3 Å². The van der Waals surface area contributed by atoms with Gasteiger partial charge >= 0.3 is 0 Å². The molecule has 0 aliphatic rings. The second-order valence-corrected chi connectivity index (χ2v) is 5.22. The minimum Gasteiger partial charge on any atom is -0.496 e. The molecule has 2 aromatic rings. The summed E-state index contributed by atoms with van der Waals surface area (Å²) < 4.78 is 5.36. The van der Waals surface area contributed by atoms with E-state index in [-0.39, 0.29) is 6.04 Å². The third kappa shape index (κ3) is 2.83. The Morgan fingerprint density at radius 1 is 1.50 bits per heavy atom. The largest absolute Gasteiger partial charge is 0.496 e. The molecule has 0 spiro atoms. The van der Waals surface area contributed by atoms with Crippen LogP contribution in [-0.4, -0.2) is 19.1 Å². The molecule has 0 aliphatic heterocycles. The molecule has 0 radical (unpaired) electrons. The van der Waals surface area contributed by atoms with E-state index in [0.29, 0.717) is 5.02 Å². The molecule has 0 aromatic carbocycles. The normalized spacial score (nSPS) is 12.4. The zero-order valence-electron chi connectivity index (χ0n) is 10.3. The minimum atomic E-state index is 0.194. The molecule has 1 N–H and O–H groups in total. The highest BCUT2D eigenvalue weighted by Crippen LogP contribution is 2.33. The lowest BCUT2D eigenvalue weighted by atomic mass is 10.1. The first-order valence-corrected chi connectivity index (χ1v) is 6.89. The lowest BCUT2D eigenvalue weighted by Gasteiger charge is -2.16. The average molecular weight is 283 g/mol. The number of likely N-dealkylation sites (N-methyl/N-ethyl adjacent to an activating group) is 1. The number of nitrogens with one attached hydrogen (secondary N) is 1. The molecular formula is C13H15ClN2OS. The number of aromatic nitrogens is 1. The Morgan fingerprint density at radius 3 is 3.00 bits per heavy atom. The number of halogens is 1. The van der Waals surface area contributed by atoms with Crippen molar-refractivity contribution in [2.45, 2.75) is 12.5 Å². The first kappa shape index (κ1) is 13.3. The van der Waals surface area contributed by atoms with Gasteiger partial charge in [-0.3, -0.25) is 4.98 Å².